The first kappa shape index (κ1) is 23.5. The van der Waals surface area contributed by atoms with Crippen molar-refractivity contribution in [3.63, 3.8) is 0 Å². The van der Waals surface area contributed by atoms with Gasteiger partial charge in [-0.2, -0.15) is 0 Å². The summed E-state index contributed by atoms with van der Waals surface area (Å²) in [5, 5.41) is 9.50. The molecule has 6 heteroatoms. The molecule has 1 aliphatic rings. The van der Waals surface area contributed by atoms with Gasteiger partial charge in [0.1, 0.15) is 0 Å². The van der Waals surface area contributed by atoms with E-state index in [1.807, 2.05) is 20.8 Å². The number of carbonyl (C=O) groups excluding carboxylic acids is 1. The fourth-order valence-electron chi connectivity index (χ4n) is 2.91. The van der Waals surface area contributed by atoms with Crippen molar-refractivity contribution in [3.05, 3.63) is 0 Å². The lowest BCUT2D eigenvalue weighted by Gasteiger charge is -2.18. The monoisotopic (exact) mass is 452 g/mol. The number of nitrogens with zero attached hydrogens (tertiary/aromatic N) is 1. The van der Waals surface area contributed by atoms with E-state index in [9.17, 15) is 4.79 Å². The molecule has 0 bridgehead atoms. The molecule has 1 aliphatic carbocycles. The lowest BCUT2D eigenvalue weighted by molar-refractivity contribution is -0.128. The van der Waals surface area contributed by atoms with E-state index in [2.05, 4.69) is 20.9 Å². The van der Waals surface area contributed by atoms with Gasteiger partial charge in [-0.1, -0.05) is 59.3 Å². The van der Waals surface area contributed by atoms with Crippen molar-refractivity contribution in [2.45, 2.75) is 65.7 Å². The number of guanidine groups is 1. The van der Waals surface area contributed by atoms with Crippen LogP contribution in [0.4, 0.5) is 0 Å². The molecule has 0 radical (unpaired) electrons. The maximum Gasteiger partial charge on any atom is 0.225 e. The highest BCUT2D eigenvalue weighted by Crippen LogP contribution is 2.28. The molecular formula is C18H37IN4O. The lowest BCUT2D eigenvalue weighted by Crippen LogP contribution is -2.43. The largest absolute Gasteiger partial charge is 0.356 e. The summed E-state index contributed by atoms with van der Waals surface area (Å²) < 4.78 is 0. The van der Waals surface area contributed by atoms with E-state index >= 15 is 0 Å². The highest BCUT2D eigenvalue weighted by molar-refractivity contribution is 14.0. The summed E-state index contributed by atoms with van der Waals surface area (Å²) >= 11 is 0. The maximum atomic E-state index is 11.7. The SMILES string of the molecule is CN=C(NCCCCC1CCCC1)NCCNC(=O)C(C)(C)C.I. The number of nitrogens with one attached hydrogen (secondary N) is 3. The van der Waals surface area contributed by atoms with E-state index in [1.54, 1.807) is 7.05 Å². The number of hydrogen-bond acceptors (Lipinski definition) is 2. The van der Waals surface area contributed by atoms with Crippen LogP contribution in [0.3, 0.4) is 0 Å². The summed E-state index contributed by atoms with van der Waals surface area (Å²) in [6, 6.07) is 0. The Balaban J connectivity index is 0.00000529. The molecule has 142 valence electrons. The van der Waals surface area contributed by atoms with Gasteiger partial charge in [0.2, 0.25) is 5.91 Å². The Morgan fingerprint density at radius 3 is 2.17 bits per heavy atom. The minimum atomic E-state index is -0.334. The van der Waals surface area contributed by atoms with Crippen LogP contribution in [0.1, 0.15) is 65.7 Å². The molecule has 1 fully saturated rings. The van der Waals surface area contributed by atoms with Gasteiger partial charge in [-0.3, -0.25) is 9.79 Å². The van der Waals surface area contributed by atoms with E-state index in [1.165, 1.54) is 44.9 Å². The average Bonchev–Trinajstić information content (AvgIpc) is 3.01. The molecule has 0 aliphatic heterocycles. The van der Waals surface area contributed by atoms with Crippen LogP contribution in [0.2, 0.25) is 0 Å². The van der Waals surface area contributed by atoms with Gasteiger partial charge >= 0.3 is 0 Å². The Hall–Kier alpha value is -0.530. The third-order valence-electron chi connectivity index (χ3n) is 4.41. The standard InChI is InChI=1S/C18H36N4O.HI/c1-18(2,3)16(23)20-13-14-22-17(19-4)21-12-8-7-11-15-9-5-6-10-15;/h15H,5-14H2,1-4H3,(H,20,23)(H2,19,21,22);1H. The van der Waals surface area contributed by atoms with Crippen molar-refractivity contribution in [3.8, 4) is 0 Å². The molecule has 0 spiro atoms. The Kier molecular flexibility index (Phi) is 12.5. The van der Waals surface area contributed by atoms with E-state index in [0.29, 0.717) is 13.1 Å². The molecule has 0 unspecified atom stereocenters. The van der Waals surface area contributed by atoms with Crippen LogP contribution < -0.4 is 16.0 Å². The van der Waals surface area contributed by atoms with Crippen molar-refractivity contribution in [1.29, 1.82) is 0 Å². The first-order chi connectivity index (χ1) is 10.9. The summed E-state index contributed by atoms with van der Waals surface area (Å²) in [6.45, 7) is 8.01. The summed E-state index contributed by atoms with van der Waals surface area (Å²) in [4.78, 5) is 16.0. The summed E-state index contributed by atoms with van der Waals surface area (Å²) in [5.74, 6) is 1.88. The minimum Gasteiger partial charge on any atom is -0.356 e. The first-order valence-corrected chi connectivity index (χ1v) is 9.16. The van der Waals surface area contributed by atoms with Crippen LogP contribution in [-0.4, -0.2) is 38.5 Å². The van der Waals surface area contributed by atoms with Gasteiger partial charge in [0, 0.05) is 32.1 Å². The van der Waals surface area contributed by atoms with E-state index in [0.717, 1.165) is 18.4 Å². The Morgan fingerprint density at radius 2 is 1.58 bits per heavy atom. The van der Waals surface area contributed by atoms with Crippen molar-refractivity contribution in [2.75, 3.05) is 26.7 Å². The number of halogens is 1. The molecule has 5 nitrogen and oxygen atoms in total. The van der Waals surface area contributed by atoms with E-state index in [4.69, 9.17) is 0 Å². The number of carbonyl (C=O) groups is 1. The van der Waals surface area contributed by atoms with Gasteiger partial charge in [0.15, 0.2) is 5.96 Å². The van der Waals surface area contributed by atoms with Crippen molar-refractivity contribution in [1.82, 2.24) is 16.0 Å². The van der Waals surface area contributed by atoms with Crippen LogP contribution in [0.25, 0.3) is 0 Å². The second-order valence-electron chi connectivity index (χ2n) is 7.58. The number of amides is 1. The Labute approximate surface area is 165 Å². The summed E-state index contributed by atoms with van der Waals surface area (Å²) in [5.41, 5.74) is -0.334. The van der Waals surface area contributed by atoms with Gasteiger partial charge in [-0.05, 0) is 12.3 Å². The van der Waals surface area contributed by atoms with Gasteiger partial charge < -0.3 is 16.0 Å². The van der Waals surface area contributed by atoms with Gasteiger partial charge in [0.25, 0.3) is 0 Å². The topological polar surface area (TPSA) is 65.5 Å². The van der Waals surface area contributed by atoms with E-state index in [-0.39, 0.29) is 35.3 Å². The molecule has 0 aromatic heterocycles. The summed E-state index contributed by atoms with van der Waals surface area (Å²) in [7, 11) is 1.78. The molecule has 0 atom stereocenters. The Morgan fingerprint density at radius 1 is 1.00 bits per heavy atom. The quantitative estimate of drug-likeness (QED) is 0.229. The molecule has 24 heavy (non-hydrogen) atoms. The zero-order chi connectivity index (χ0) is 17.1. The van der Waals surface area contributed by atoms with Crippen molar-refractivity contribution < 1.29 is 4.79 Å². The third-order valence-corrected chi connectivity index (χ3v) is 4.41. The van der Waals surface area contributed by atoms with Crippen molar-refractivity contribution in [2.24, 2.45) is 16.3 Å². The maximum absolute atomic E-state index is 11.7. The fourth-order valence-corrected chi connectivity index (χ4v) is 2.91. The molecule has 1 amide bonds. The predicted octanol–water partition coefficient (Wildman–Crippen LogP) is 3.29. The highest BCUT2D eigenvalue weighted by Gasteiger charge is 2.20. The number of unbranched alkanes of at least 4 members (excludes halogenated alkanes) is 1. The zero-order valence-corrected chi connectivity index (χ0v) is 18.2. The zero-order valence-electron chi connectivity index (χ0n) is 15.9. The average molecular weight is 452 g/mol. The highest BCUT2D eigenvalue weighted by atomic mass is 127. The van der Waals surface area contributed by atoms with Crippen LogP contribution in [0.15, 0.2) is 4.99 Å². The van der Waals surface area contributed by atoms with Crippen LogP contribution in [0.5, 0.6) is 0 Å². The molecule has 0 saturated heterocycles. The molecular weight excluding hydrogens is 415 g/mol. The van der Waals surface area contributed by atoms with Crippen LogP contribution in [0, 0.1) is 11.3 Å². The molecule has 1 rings (SSSR count). The fraction of sp³-hybridized carbons (Fsp3) is 0.889. The molecule has 0 heterocycles. The Bertz CT molecular complexity index is 374. The number of aliphatic imine (C=N–C) groups is 1. The normalized spacial score (nSPS) is 15.8. The van der Waals surface area contributed by atoms with Crippen LogP contribution in [-0.2, 0) is 4.79 Å². The summed E-state index contributed by atoms with van der Waals surface area (Å²) in [6.07, 6.45) is 9.63. The minimum absolute atomic E-state index is 0. The van der Waals surface area contributed by atoms with Gasteiger partial charge in [0.05, 0.1) is 0 Å². The number of hydrogen-bond donors (Lipinski definition) is 3. The van der Waals surface area contributed by atoms with Gasteiger partial charge in [-0.25, -0.2) is 0 Å². The second kappa shape index (κ2) is 12.8. The third kappa shape index (κ3) is 10.4. The predicted molar refractivity (Wildman–Crippen MR) is 113 cm³/mol. The molecule has 0 aromatic carbocycles. The lowest BCUT2D eigenvalue weighted by atomic mass is 9.96. The smallest absolute Gasteiger partial charge is 0.225 e. The van der Waals surface area contributed by atoms with Crippen LogP contribution >= 0.6 is 24.0 Å². The second-order valence-corrected chi connectivity index (χ2v) is 7.58. The molecule has 1 saturated carbocycles. The molecule has 3 N–H and O–H groups in total. The number of rotatable bonds is 8. The molecule has 0 aromatic rings. The van der Waals surface area contributed by atoms with E-state index < -0.39 is 0 Å². The van der Waals surface area contributed by atoms with Gasteiger partial charge in [-0.15, -0.1) is 24.0 Å². The first-order valence-electron chi connectivity index (χ1n) is 9.16. The van der Waals surface area contributed by atoms with Crippen molar-refractivity contribution >= 4 is 35.8 Å².